The predicted octanol–water partition coefficient (Wildman–Crippen LogP) is 4.17. The van der Waals surface area contributed by atoms with Crippen molar-refractivity contribution in [2.45, 2.75) is 32.6 Å². The molecule has 0 fully saturated rings. The second-order valence-electron chi connectivity index (χ2n) is 5.96. The highest BCUT2D eigenvalue weighted by molar-refractivity contribution is 5.28. The lowest BCUT2D eigenvalue weighted by atomic mass is 9.91. The zero-order valence-corrected chi connectivity index (χ0v) is 12.5. The van der Waals surface area contributed by atoms with E-state index in [9.17, 15) is 0 Å². The van der Waals surface area contributed by atoms with Gasteiger partial charge in [-0.05, 0) is 42.0 Å². The quantitative estimate of drug-likeness (QED) is 0.835. The van der Waals surface area contributed by atoms with Gasteiger partial charge in [0.05, 0.1) is 0 Å². The maximum Gasteiger partial charge on any atom is 0.000157 e. The predicted molar refractivity (Wildman–Crippen MR) is 86.9 cm³/mol. The standard InChI is InChI=1S/C19H25N/c1-15(2)12-17-8-10-18(11-9-17)19(14-20)13-16-6-4-3-5-7-16/h3-11,15,19H,12-14,20H2,1-2H3. The van der Waals surface area contributed by atoms with Crippen LogP contribution < -0.4 is 5.73 Å². The Kier molecular flexibility index (Phi) is 5.37. The van der Waals surface area contributed by atoms with Crippen molar-refractivity contribution in [2.75, 3.05) is 6.54 Å². The molecule has 0 aliphatic carbocycles. The summed E-state index contributed by atoms with van der Waals surface area (Å²) < 4.78 is 0. The van der Waals surface area contributed by atoms with Crippen LogP contribution in [0.3, 0.4) is 0 Å². The van der Waals surface area contributed by atoms with E-state index in [2.05, 4.69) is 68.4 Å². The maximum atomic E-state index is 5.97. The molecule has 0 heterocycles. The third-order valence-corrected chi connectivity index (χ3v) is 3.70. The molecular formula is C19H25N. The summed E-state index contributed by atoms with van der Waals surface area (Å²) in [7, 11) is 0. The first-order valence-corrected chi connectivity index (χ1v) is 7.52. The van der Waals surface area contributed by atoms with Gasteiger partial charge in [0, 0.05) is 5.92 Å². The molecule has 0 amide bonds. The summed E-state index contributed by atoms with van der Waals surface area (Å²) >= 11 is 0. The van der Waals surface area contributed by atoms with Gasteiger partial charge in [0.2, 0.25) is 0 Å². The largest absolute Gasteiger partial charge is 0.330 e. The zero-order chi connectivity index (χ0) is 14.4. The average Bonchev–Trinajstić information content (AvgIpc) is 2.46. The number of rotatable bonds is 6. The van der Waals surface area contributed by atoms with E-state index in [-0.39, 0.29) is 0 Å². The van der Waals surface area contributed by atoms with Gasteiger partial charge in [0.15, 0.2) is 0 Å². The van der Waals surface area contributed by atoms with Gasteiger partial charge in [-0.25, -0.2) is 0 Å². The van der Waals surface area contributed by atoms with Gasteiger partial charge in [-0.1, -0.05) is 68.4 Å². The van der Waals surface area contributed by atoms with Crippen LogP contribution >= 0.6 is 0 Å². The van der Waals surface area contributed by atoms with Crippen LogP contribution in [-0.4, -0.2) is 6.54 Å². The van der Waals surface area contributed by atoms with Gasteiger partial charge in [-0.15, -0.1) is 0 Å². The van der Waals surface area contributed by atoms with Gasteiger partial charge < -0.3 is 5.73 Å². The minimum atomic E-state index is 0.408. The Morgan fingerprint density at radius 2 is 1.40 bits per heavy atom. The molecule has 2 aromatic carbocycles. The van der Waals surface area contributed by atoms with Crippen molar-refractivity contribution >= 4 is 0 Å². The highest BCUT2D eigenvalue weighted by Gasteiger charge is 2.10. The van der Waals surface area contributed by atoms with Crippen LogP contribution in [0.25, 0.3) is 0 Å². The lowest BCUT2D eigenvalue weighted by Gasteiger charge is -2.16. The van der Waals surface area contributed by atoms with Crippen molar-refractivity contribution in [3.8, 4) is 0 Å². The molecule has 1 unspecified atom stereocenters. The minimum Gasteiger partial charge on any atom is -0.330 e. The fraction of sp³-hybridized carbons (Fsp3) is 0.368. The van der Waals surface area contributed by atoms with Crippen LogP contribution in [0.15, 0.2) is 54.6 Å². The Bertz CT molecular complexity index is 499. The van der Waals surface area contributed by atoms with Gasteiger partial charge in [0.25, 0.3) is 0 Å². The van der Waals surface area contributed by atoms with Crippen LogP contribution in [-0.2, 0) is 12.8 Å². The average molecular weight is 267 g/mol. The lowest BCUT2D eigenvalue weighted by Crippen LogP contribution is -2.15. The first kappa shape index (κ1) is 14.8. The van der Waals surface area contributed by atoms with E-state index in [0.29, 0.717) is 18.4 Å². The van der Waals surface area contributed by atoms with E-state index < -0.39 is 0 Å². The molecule has 0 aromatic heterocycles. The molecule has 106 valence electrons. The Morgan fingerprint density at radius 1 is 0.800 bits per heavy atom. The molecule has 2 aromatic rings. The van der Waals surface area contributed by atoms with E-state index in [1.54, 1.807) is 0 Å². The van der Waals surface area contributed by atoms with E-state index in [1.165, 1.54) is 16.7 Å². The van der Waals surface area contributed by atoms with Crippen molar-refractivity contribution in [1.29, 1.82) is 0 Å². The Labute approximate surface area is 122 Å². The second-order valence-corrected chi connectivity index (χ2v) is 5.96. The Balaban J connectivity index is 2.07. The summed E-state index contributed by atoms with van der Waals surface area (Å²) in [6.45, 7) is 5.20. The van der Waals surface area contributed by atoms with Crippen molar-refractivity contribution in [3.05, 3.63) is 71.3 Å². The number of hydrogen-bond donors (Lipinski definition) is 1. The van der Waals surface area contributed by atoms with Crippen LogP contribution in [0.5, 0.6) is 0 Å². The van der Waals surface area contributed by atoms with E-state index in [0.717, 1.165) is 12.8 Å². The molecule has 0 bridgehead atoms. The summed E-state index contributed by atoms with van der Waals surface area (Å²) in [5, 5.41) is 0. The summed E-state index contributed by atoms with van der Waals surface area (Å²) in [5.41, 5.74) is 10.1. The third kappa shape index (κ3) is 4.21. The van der Waals surface area contributed by atoms with Gasteiger partial charge in [-0.2, -0.15) is 0 Å². The Hall–Kier alpha value is -1.60. The topological polar surface area (TPSA) is 26.0 Å². The van der Waals surface area contributed by atoms with Crippen molar-refractivity contribution in [1.82, 2.24) is 0 Å². The van der Waals surface area contributed by atoms with E-state index in [4.69, 9.17) is 5.73 Å². The molecule has 0 saturated carbocycles. The summed E-state index contributed by atoms with van der Waals surface area (Å²) in [6.07, 6.45) is 2.16. The number of nitrogens with two attached hydrogens (primary N) is 1. The normalized spacial score (nSPS) is 12.6. The van der Waals surface area contributed by atoms with Crippen molar-refractivity contribution in [3.63, 3.8) is 0 Å². The van der Waals surface area contributed by atoms with Crippen LogP contribution in [0.2, 0.25) is 0 Å². The SMILES string of the molecule is CC(C)Cc1ccc(C(CN)Cc2ccccc2)cc1. The molecule has 1 heteroatoms. The summed E-state index contributed by atoms with van der Waals surface area (Å²) in [5.74, 6) is 1.11. The van der Waals surface area contributed by atoms with E-state index >= 15 is 0 Å². The van der Waals surface area contributed by atoms with Crippen LogP contribution in [0, 0.1) is 5.92 Å². The fourth-order valence-corrected chi connectivity index (χ4v) is 2.63. The molecule has 0 aliphatic rings. The van der Waals surface area contributed by atoms with Crippen LogP contribution in [0.4, 0.5) is 0 Å². The van der Waals surface area contributed by atoms with Crippen molar-refractivity contribution < 1.29 is 0 Å². The minimum absolute atomic E-state index is 0.408. The highest BCUT2D eigenvalue weighted by atomic mass is 14.5. The highest BCUT2D eigenvalue weighted by Crippen LogP contribution is 2.21. The first-order chi connectivity index (χ1) is 9.69. The zero-order valence-electron chi connectivity index (χ0n) is 12.5. The summed E-state index contributed by atoms with van der Waals surface area (Å²) in [6, 6.07) is 19.6. The molecule has 1 nitrogen and oxygen atoms in total. The molecule has 20 heavy (non-hydrogen) atoms. The van der Waals surface area contributed by atoms with Crippen molar-refractivity contribution in [2.24, 2.45) is 11.7 Å². The Morgan fingerprint density at radius 3 is 1.95 bits per heavy atom. The molecular weight excluding hydrogens is 242 g/mol. The third-order valence-electron chi connectivity index (χ3n) is 3.70. The van der Waals surface area contributed by atoms with Crippen LogP contribution in [0.1, 0.15) is 36.5 Å². The molecule has 0 radical (unpaired) electrons. The lowest BCUT2D eigenvalue weighted by molar-refractivity contribution is 0.645. The summed E-state index contributed by atoms with van der Waals surface area (Å²) in [4.78, 5) is 0. The molecule has 0 aliphatic heterocycles. The molecule has 0 spiro atoms. The monoisotopic (exact) mass is 267 g/mol. The first-order valence-electron chi connectivity index (χ1n) is 7.52. The van der Waals surface area contributed by atoms with E-state index in [1.807, 2.05) is 0 Å². The second kappa shape index (κ2) is 7.25. The van der Waals surface area contributed by atoms with Gasteiger partial charge in [0.1, 0.15) is 0 Å². The molecule has 0 saturated heterocycles. The number of hydrogen-bond acceptors (Lipinski definition) is 1. The smallest absolute Gasteiger partial charge is 0.000157 e. The van der Waals surface area contributed by atoms with Gasteiger partial charge >= 0.3 is 0 Å². The number of benzene rings is 2. The molecule has 2 N–H and O–H groups in total. The molecule has 2 rings (SSSR count). The maximum absolute atomic E-state index is 5.97. The molecule has 1 atom stereocenters. The van der Waals surface area contributed by atoms with Gasteiger partial charge in [-0.3, -0.25) is 0 Å². The fourth-order valence-electron chi connectivity index (χ4n) is 2.63.